The Morgan fingerprint density at radius 1 is 0.964 bits per heavy atom. The number of hydrogen-bond donors (Lipinski definition) is 0. The third kappa shape index (κ3) is 3.43. The summed E-state index contributed by atoms with van der Waals surface area (Å²) in [5, 5.41) is 0.557. The van der Waals surface area contributed by atoms with E-state index in [0.717, 1.165) is 30.5 Å². The Hall–Kier alpha value is -1.60. The van der Waals surface area contributed by atoms with E-state index in [1.165, 1.54) is 0 Å². The first-order chi connectivity index (χ1) is 13.4. The van der Waals surface area contributed by atoms with Crippen molar-refractivity contribution in [2.75, 3.05) is 24.5 Å². The van der Waals surface area contributed by atoms with E-state index in [2.05, 4.69) is 0 Å². The highest BCUT2D eigenvalue weighted by Gasteiger charge is 2.31. The van der Waals surface area contributed by atoms with E-state index in [-0.39, 0.29) is 10.9 Å². The summed E-state index contributed by atoms with van der Waals surface area (Å²) in [5.41, 5.74) is 1.91. The molecule has 0 spiro atoms. The van der Waals surface area contributed by atoms with Gasteiger partial charge in [0.25, 0.3) is 5.91 Å². The van der Waals surface area contributed by atoms with Crippen LogP contribution in [0.15, 0.2) is 41.3 Å². The zero-order chi connectivity index (χ0) is 19.9. The van der Waals surface area contributed by atoms with E-state index >= 15 is 0 Å². The van der Waals surface area contributed by atoms with Crippen LogP contribution >= 0.6 is 23.2 Å². The van der Waals surface area contributed by atoms with Crippen molar-refractivity contribution in [3.05, 3.63) is 57.6 Å². The van der Waals surface area contributed by atoms with Gasteiger partial charge < -0.3 is 4.90 Å². The number of rotatable bonds is 3. The molecule has 2 aliphatic heterocycles. The minimum absolute atomic E-state index is 0.229. The molecule has 2 heterocycles. The van der Waals surface area contributed by atoms with Crippen LogP contribution in [0.25, 0.3) is 0 Å². The summed E-state index contributed by atoms with van der Waals surface area (Å²) in [7, 11) is -3.49. The number of hydrogen-bond acceptors (Lipinski definition) is 3. The maximum atomic E-state index is 13.0. The molecule has 8 heteroatoms. The highest BCUT2D eigenvalue weighted by molar-refractivity contribution is 7.89. The first-order valence-electron chi connectivity index (χ1n) is 9.28. The lowest BCUT2D eigenvalue weighted by molar-refractivity contribution is 0.0989. The molecule has 0 saturated carbocycles. The van der Waals surface area contributed by atoms with E-state index in [1.54, 1.807) is 45.6 Å². The van der Waals surface area contributed by atoms with Crippen LogP contribution < -0.4 is 4.90 Å². The van der Waals surface area contributed by atoms with Crippen LogP contribution in [0, 0.1) is 0 Å². The average Bonchev–Trinajstić information content (AvgIpc) is 3.13. The Morgan fingerprint density at radius 2 is 1.71 bits per heavy atom. The van der Waals surface area contributed by atoms with Gasteiger partial charge in [-0.15, -0.1) is 0 Å². The molecule has 2 aromatic carbocycles. The zero-order valence-corrected chi connectivity index (χ0v) is 17.5. The minimum Gasteiger partial charge on any atom is -0.308 e. The normalized spacial score (nSPS) is 17.6. The van der Waals surface area contributed by atoms with Gasteiger partial charge in [0.2, 0.25) is 10.0 Å². The lowest BCUT2D eigenvalue weighted by Gasteiger charge is -2.26. The molecule has 148 valence electrons. The summed E-state index contributed by atoms with van der Waals surface area (Å²) in [6.07, 6.45) is 3.46. The number of benzene rings is 2. The van der Waals surface area contributed by atoms with Crippen LogP contribution in [0.3, 0.4) is 0 Å². The van der Waals surface area contributed by atoms with Crippen molar-refractivity contribution in [2.24, 2.45) is 0 Å². The SMILES string of the molecule is O=C(c1cccc(Cl)c1Cl)N1CCc2cc(S(=O)(=O)N3CCCCC3)ccc21. The van der Waals surface area contributed by atoms with Gasteiger partial charge in [0, 0.05) is 25.3 Å². The molecule has 0 atom stereocenters. The van der Waals surface area contributed by atoms with Crippen LogP contribution in [-0.4, -0.2) is 38.3 Å². The number of halogens is 2. The van der Waals surface area contributed by atoms with Crippen LogP contribution in [-0.2, 0) is 16.4 Å². The van der Waals surface area contributed by atoms with Crippen molar-refractivity contribution < 1.29 is 13.2 Å². The highest BCUT2D eigenvalue weighted by Crippen LogP contribution is 2.34. The van der Waals surface area contributed by atoms with Gasteiger partial charge in [-0.1, -0.05) is 35.7 Å². The number of carbonyl (C=O) groups excluding carboxylic acids is 1. The fourth-order valence-corrected chi connectivity index (χ4v) is 5.77. The second kappa shape index (κ2) is 7.67. The molecule has 1 saturated heterocycles. The number of piperidine rings is 1. The molecule has 2 aromatic rings. The topological polar surface area (TPSA) is 57.7 Å². The molecular formula is C20H20Cl2N2O3S. The van der Waals surface area contributed by atoms with Crippen molar-refractivity contribution in [1.29, 1.82) is 0 Å². The Morgan fingerprint density at radius 3 is 2.46 bits per heavy atom. The fourth-order valence-electron chi connectivity index (χ4n) is 3.82. The number of nitrogens with zero attached hydrogens (tertiary/aromatic N) is 2. The predicted molar refractivity (Wildman–Crippen MR) is 111 cm³/mol. The molecule has 0 aromatic heterocycles. The number of carbonyl (C=O) groups is 1. The van der Waals surface area contributed by atoms with Crippen LogP contribution in [0.5, 0.6) is 0 Å². The third-order valence-electron chi connectivity index (χ3n) is 5.33. The molecule has 2 aliphatic rings. The van der Waals surface area contributed by atoms with Crippen molar-refractivity contribution in [3.63, 3.8) is 0 Å². The van der Waals surface area contributed by atoms with Crippen LogP contribution in [0.2, 0.25) is 10.0 Å². The van der Waals surface area contributed by atoms with E-state index < -0.39 is 10.0 Å². The lowest BCUT2D eigenvalue weighted by Crippen LogP contribution is -2.35. The Balaban J connectivity index is 1.63. The van der Waals surface area contributed by atoms with Crippen molar-refractivity contribution >= 4 is 44.8 Å². The van der Waals surface area contributed by atoms with Gasteiger partial charge in [0.1, 0.15) is 0 Å². The molecule has 0 unspecified atom stereocenters. The molecule has 0 radical (unpaired) electrons. The zero-order valence-electron chi connectivity index (χ0n) is 15.2. The highest BCUT2D eigenvalue weighted by atomic mass is 35.5. The molecule has 28 heavy (non-hydrogen) atoms. The summed E-state index contributed by atoms with van der Waals surface area (Å²) in [5.74, 6) is -0.238. The number of amides is 1. The predicted octanol–water partition coefficient (Wildman–Crippen LogP) is 4.37. The van der Waals surface area contributed by atoms with Gasteiger partial charge in [0.05, 0.1) is 20.5 Å². The standard InChI is InChI=1S/C20H20Cl2N2O3S/c21-17-6-4-5-16(19(17)22)20(25)24-12-9-14-13-15(7-8-18(14)24)28(26,27)23-10-2-1-3-11-23/h4-8,13H,1-3,9-12H2. The molecule has 1 fully saturated rings. The van der Waals surface area contributed by atoms with Gasteiger partial charge in [-0.3, -0.25) is 4.79 Å². The summed E-state index contributed by atoms with van der Waals surface area (Å²) < 4.78 is 27.4. The van der Waals surface area contributed by atoms with Crippen LogP contribution in [0.1, 0.15) is 35.2 Å². The maximum Gasteiger partial charge on any atom is 0.259 e. The summed E-state index contributed by atoms with van der Waals surface area (Å²) in [6.45, 7) is 1.61. The second-order valence-electron chi connectivity index (χ2n) is 7.06. The molecule has 1 amide bonds. The van der Waals surface area contributed by atoms with E-state index in [4.69, 9.17) is 23.2 Å². The van der Waals surface area contributed by atoms with Gasteiger partial charge >= 0.3 is 0 Å². The summed E-state index contributed by atoms with van der Waals surface area (Å²) in [4.78, 5) is 14.9. The van der Waals surface area contributed by atoms with E-state index in [0.29, 0.717) is 41.5 Å². The van der Waals surface area contributed by atoms with Gasteiger partial charge in [0.15, 0.2) is 0 Å². The minimum atomic E-state index is -3.49. The van der Waals surface area contributed by atoms with Gasteiger partial charge in [-0.25, -0.2) is 8.42 Å². The first-order valence-corrected chi connectivity index (χ1v) is 11.5. The lowest BCUT2D eigenvalue weighted by atomic mass is 10.1. The second-order valence-corrected chi connectivity index (χ2v) is 9.79. The molecule has 0 aliphatic carbocycles. The number of anilines is 1. The van der Waals surface area contributed by atoms with E-state index in [9.17, 15) is 13.2 Å². The van der Waals surface area contributed by atoms with Crippen molar-refractivity contribution in [1.82, 2.24) is 4.31 Å². The Bertz CT molecular complexity index is 1030. The Labute approximate surface area is 174 Å². The molecule has 5 nitrogen and oxygen atoms in total. The molecule has 0 N–H and O–H groups in total. The fraction of sp³-hybridized carbons (Fsp3) is 0.350. The smallest absolute Gasteiger partial charge is 0.259 e. The van der Waals surface area contributed by atoms with Crippen LogP contribution in [0.4, 0.5) is 5.69 Å². The summed E-state index contributed by atoms with van der Waals surface area (Å²) in [6, 6.07) is 9.97. The monoisotopic (exact) mass is 438 g/mol. The molecule has 4 rings (SSSR count). The summed E-state index contributed by atoms with van der Waals surface area (Å²) >= 11 is 12.2. The largest absolute Gasteiger partial charge is 0.308 e. The number of fused-ring (bicyclic) bond motifs is 1. The third-order valence-corrected chi connectivity index (χ3v) is 8.04. The quantitative estimate of drug-likeness (QED) is 0.714. The first kappa shape index (κ1) is 19.7. The maximum absolute atomic E-state index is 13.0. The van der Waals surface area contributed by atoms with E-state index in [1.807, 2.05) is 0 Å². The number of sulfonamides is 1. The van der Waals surface area contributed by atoms with Crippen molar-refractivity contribution in [3.8, 4) is 0 Å². The molecular weight excluding hydrogens is 419 g/mol. The van der Waals surface area contributed by atoms with Crippen molar-refractivity contribution in [2.45, 2.75) is 30.6 Å². The van der Waals surface area contributed by atoms with Gasteiger partial charge in [-0.05, 0) is 55.2 Å². The average molecular weight is 439 g/mol. The van der Waals surface area contributed by atoms with Gasteiger partial charge in [-0.2, -0.15) is 4.31 Å². The molecule has 0 bridgehead atoms. The Kier molecular flexibility index (Phi) is 5.40.